The maximum absolute atomic E-state index is 12.6. The van der Waals surface area contributed by atoms with Crippen LogP contribution in [0.3, 0.4) is 0 Å². The summed E-state index contributed by atoms with van der Waals surface area (Å²) in [5.41, 5.74) is 0. The SMILES string of the molecule is CCCCC/C=C\C/C=C\C/C=C\CC1OC1CCCC(=O)OC[C@H](COP(=O)(O)OC[C@@H](O)CO)OC(=O)CCCCCCC/C=C\CCCCCCCC. The first-order valence-corrected chi connectivity index (χ1v) is 23.2. The highest BCUT2D eigenvalue weighted by atomic mass is 31.2. The van der Waals surface area contributed by atoms with E-state index in [1.165, 1.54) is 57.8 Å². The second kappa shape index (κ2) is 36.0. The van der Waals surface area contributed by atoms with Crippen molar-refractivity contribution < 1.29 is 52.5 Å². The van der Waals surface area contributed by atoms with Gasteiger partial charge in [0.05, 0.1) is 32.0 Å². The number of phosphoric ester groups is 1. The smallest absolute Gasteiger partial charge is 0.462 e. The summed E-state index contributed by atoms with van der Waals surface area (Å²) in [5, 5.41) is 18.3. The second-order valence-corrected chi connectivity index (χ2v) is 16.2. The van der Waals surface area contributed by atoms with Gasteiger partial charge in [-0.25, -0.2) is 4.57 Å². The minimum Gasteiger partial charge on any atom is -0.462 e. The summed E-state index contributed by atoms with van der Waals surface area (Å²) in [7, 11) is -4.64. The van der Waals surface area contributed by atoms with Gasteiger partial charge in [-0.1, -0.05) is 127 Å². The van der Waals surface area contributed by atoms with E-state index in [4.69, 9.17) is 23.8 Å². The molecule has 1 fully saturated rings. The first-order valence-electron chi connectivity index (χ1n) is 21.7. The van der Waals surface area contributed by atoms with Crippen molar-refractivity contribution in [2.45, 2.75) is 192 Å². The molecule has 0 aliphatic carbocycles. The van der Waals surface area contributed by atoms with Crippen LogP contribution in [0.4, 0.5) is 0 Å². The molecule has 1 aliphatic rings. The first-order chi connectivity index (χ1) is 27.2. The molecular weight excluding hydrogens is 735 g/mol. The van der Waals surface area contributed by atoms with Gasteiger partial charge in [0, 0.05) is 12.8 Å². The van der Waals surface area contributed by atoms with Crippen LogP contribution in [0.1, 0.15) is 168 Å². The molecule has 0 amide bonds. The largest absolute Gasteiger partial charge is 0.472 e. The number of esters is 2. The van der Waals surface area contributed by atoms with Gasteiger partial charge >= 0.3 is 19.8 Å². The van der Waals surface area contributed by atoms with Crippen LogP contribution in [0, 0.1) is 0 Å². The molecule has 0 radical (unpaired) electrons. The van der Waals surface area contributed by atoms with Gasteiger partial charge in [-0.3, -0.25) is 18.6 Å². The Morgan fingerprint density at radius 1 is 0.643 bits per heavy atom. The zero-order valence-corrected chi connectivity index (χ0v) is 35.7. The Bertz CT molecular complexity index is 1140. The minimum atomic E-state index is -4.64. The van der Waals surface area contributed by atoms with E-state index in [9.17, 15) is 24.2 Å². The number of epoxide rings is 1. The number of hydrogen-bond acceptors (Lipinski definition) is 10. The van der Waals surface area contributed by atoms with Crippen molar-refractivity contribution in [2.75, 3.05) is 26.4 Å². The summed E-state index contributed by atoms with van der Waals surface area (Å²) in [4.78, 5) is 35.1. The lowest BCUT2D eigenvalue weighted by Crippen LogP contribution is -2.29. The maximum atomic E-state index is 12.6. The number of rotatable bonds is 39. The van der Waals surface area contributed by atoms with Crippen molar-refractivity contribution in [2.24, 2.45) is 0 Å². The fourth-order valence-electron chi connectivity index (χ4n) is 5.90. The van der Waals surface area contributed by atoms with E-state index in [1.54, 1.807) is 0 Å². The molecule has 1 aliphatic heterocycles. The number of unbranched alkanes of at least 4 members (excludes halogenated alkanes) is 14. The van der Waals surface area contributed by atoms with E-state index >= 15 is 0 Å². The topological polar surface area (TPSA) is 161 Å². The van der Waals surface area contributed by atoms with E-state index in [0.717, 1.165) is 70.6 Å². The molecule has 3 N–H and O–H groups in total. The van der Waals surface area contributed by atoms with Crippen LogP contribution in [-0.2, 0) is 37.4 Å². The second-order valence-electron chi connectivity index (χ2n) is 14.7. The molecule has 12 heteroatoms. The quantitative estimate of drug-likeness (QED) is 0.0178. The van der Waals surface area contributed by atoms with E-state index in [0.29, 0.717) is 12.8 Å². The molecule has 1 heterocycles. The minimum absolute atomic E-state index is 0.113. The lowest BCUT2D eigenvalue weighted by molar-refractivity contribution is -0.161. The van der Waals surface area contributed by atoms with Crippen LogP contribution >= 0.6 is 7.82 Å². The molecule has 5 atom stereocenters. The van der Waals surface area contributed by atoms with Crippen LogP contribution < -0.4 is 0 Å². The van der Waals surface area contributed by atoms with Gasteiger partial charge in [-0.2, -0.15) is 0 Å². The molecule has 0 bridgehead atoms. The molecule has 1 rings (SSSR count). The Morgan fingerprint density at radius 2 is 1.16 bits per heavy atom. The molecule has 3 unspecified atom stereocenters. The third-order valence-corrected chi connectivity index (χ3v) is 10.3. The van der Waals surface area contributed by atoms with Gasteiger partial charge < -0.3 is 29.3 Å². The number of phosphoric acid groups is 1. The standard InChI is InChI=1S/C44H77O11P/c1-3-5-7-9-11-13-15-17-18-19-21-23-25-27-29-33-44(48)54-40(38-53-56(49,50)52-36-39(46)35-45)37-51-43(47)34-30-32-42-41(55-42)31-28-26-24-22-20-16-14-12-10-8-6-4-2/h12,14,17-18,20,22,26,28,39-42,45-46H,3-11,13,15-16,19,21,23-25,27,29-38H2,1-2H3,(H,49,50)/b14-12-,18-17-,22-20-,28-26-/t39-,40+,41?,42?/m0/s1. The highest BCUT2D eigenvalue weighted by Gasteiger charge is 2.36. The predicted octanol–water partition coefficient (Wildman–Crippen LogP) is 10.3. The van der Waals surface area contributed by atoms with Gasteiger partial charge in [0.2, 0.25) is 0 Å². The lowest BCUT2D eigenvalue weighted by Gasteiger charge is -2.20. The number of ether oxygens (including phenoxy) is 3. The molecule has 0 aromatic carbocycles. The van der Waals surface area contributed by atoms with Crippen molar-refractivity contribution >= 4 is 19.8 Å². The van der Waals surface area contributed by atoms with Crippen molar-refractivity contribution in [1.82, 2.24) is 0 Å². The van der Waals surface area contributed by atoms with Crippen molar-refractivity contribution in [3.63, 3.8) is 0 Å². The van der Waals surface area contributed by atoms with E-state index < -0.39 is 51.8 Å². The summed E-state index contributed by atoms with van der Waals surface area (Å²) < 4.78 is 38.5. The van der Waals surface area contributed by atoms with Crippen LogP contribution in [0.15, 0.2) is 48.6 Å². The molecule has 0 aromatic heterocycles. The number of aliphatic hydroxyl groups is 2. The third-order valence-electron chi connectivity index (χ3n) is 9.38. The summed E-state index contributed by atoms with van der Waals surface area (Å²) in [6.07, 6.45) is 39.5. The van der Waals surface area contributed by atoms with Gasteiger partial charge in [0.15, 0.2) is 6.10 Å². The summed E-state index contributed by atoms with van der Waals surface area (Å²) in [5.74, 6) is -1.01. The molecule has 0 spiro atoms. The Kier molecular flexibility index (Phi) is 33.4. The predicted molar refractivity (Wildman–Crippen MR) is 223 cm³/mol. The van der Waals surface area contributed by atoms with E-state index in [-0.39, 0.29) is 31.7 Å². The van der Waals surface area contributed by atoms with Crippen LogP contribution in [-0.4, -0.2) is 77.9 Å². The van der Waals surface area contributed by atoms with E-state index in [1.807, 2.05) is 0 Å². The number of hydrogen-bond donors (Lipinski definition) is 3. The number of carbonyl (C=O) groups is 2. The normalized spacial score (nSPS) is 17.9. The highest BCUT2D eigenvalue weighted by Crippen LogP contribution is 2.43. The fourth-order valence-corrected chi connectivity index (χ4v) is 6.69. The maximum Gasteiger partial charge on any atom is 0.472 e. The Balaban J connectivity index is 2.32. The van der Waals surface area contributed by atoms with Gasteiger partial charge in [-0.15, -0.1) is 0 Å². The first kappa shape index (κ1) is 51.9. The molecular formula is C44H77O11P. The monoisotopic (exact) mass is 813 g/mol. The molecule has 0 saturated carbocycles. The molecule has 1 saturated heterocycles. The molecule has 56 heavy (non-hydrogen) atoms. The number of carbonyl (C=O) groups excluding carboxylic acids is 2. The Labute approximate surface area is 338 Å². The number of allylic oxidation sites excluding steroid dienone is 7. The zero-order chi connectivity index (χ0) is 41.0. The Morgan fingerprint density at radius 3 is 1.82 bits per heavy atom. The van der Waals surface area contributed by atoms with Crippen molar-refractivity contribution in [3.05, 3.63) is 48.6 Å². The number of aliphatic hydroxyl groups excluding tert-OH is 2. The summed E-state index contributed by atoms with van der Waals surface area (Å²) in [6.45, 7) is 2.24. The average Bonchev–Trinajstić information content (AvgIpc) is 3.94. The summed E-state index contributed by atoms with van der Waals surface area (Å²) >= 11 is 0. The zero-order valence-electron chi connectivity index (χ0n) is 34.8. The van der Waals surface area contributed by atoms with Crippen molar-refractivity contribution in [1.29, 1.82) is 0 Å². The van der Waals surface area contributed by atoms with E-state index in [2.05, 4.69) is 67.0 Å². The lowest BCUT2D eigenvalue weighted by atomic mass is 10.1. The van der Waals surface area contributed by atoms with Crippen LogP contribution in [0.25, 0.3) is 0 Å². The molecule has 11 nitrogen and oxygen atoms in total. The van der Waals surface area contributed by atoms with Crippen molar-refractivity contribution in [3.8, 4) is 0 Å². The summed E-state index contributed by atoms with van der Waals surface area (Å²) in [6, 6.07) is 0. The van der Waals surface area contributed by atoms with Gasteiger partial charge in [-0.05, 0) is 77.0 Å². The van der Waals surface area contributed by atoms with Crippen LogP contribution in [0.2, 0.25) is 0 Å². The molecule has 324 valence electrons. The Hall–Kier alpha value is -2.11. The van der Waals surface area contributed by atoms with Crippen LogP contribution in [0.5, 0.6) is 0 Å². The average molecular weight is 813 g/mol. The van der Waals surface area contributed by atoms with Gasteiger partial charge in [0.25, 0.3) is 0 Å². The fraction of sp³-hybridized carbons (Fsp3) is 0.773. The highest BCUT2D eigenvalue weighted by molar-refractivity contribution is 7.47. The van der Waals surface area contributed by atoms with Gasteiger partial charge in [0.1, 0.15) is 12.7 Å². The molecule has 0 aromatic rings. The third kappa shape index (κ3) is 32.9.